The molecule has 1 N–H and O–H groups in total. The van der Waals surface area contributed by atoms with Crippen LogP contribution in [0.25, 0.3) is 10.9 Å². The molecule has 3 aromatic carbocycles. The maximum absolute atomic E-state index is 13.6. The van der Waals surface area contributed by atoms with E-state index >= 15 is 0 Å². The third kappa shape index (κ3) is 3.61. The first-order chi connectivity index (χ1) is 16.0. The molecule has 1 aliphatic rings. The van der Waals surface area contributed by atoms with E-state index in [1.807, 2.05) is 54.3 Å². The van der Waals surface area contributed by atoms with Crippen LogP contribution in [0.4, 0.5) is 5.69 Å². The van der Waals surface area contributed by atoms with Gasteiger partial charge >= 0.3 is 0 Å². The number of aromatic amines is 1. The number of hydrogen-bond acceptors (Lipinski definition) is 4. The number of nitrogens with one attached hydrogen (secondary N) is 1. The lowest BCUT2D eigenvalue weighted by molar-refractivity contribution is -0.384. The number of ether oxygens (including phenoxy) is 1. The van der Waals surface area contributed by atoms with Gasteiger partial charge in [0.1, 0.15) is 5.75 Å². The molecular weight excluding hydrogens is 418 g/mol. The number of carbonyl (C=O) groups excluding carboxylic acids is 1. The molecule has 1 atom stereocenters. The summed E-state index contributed by atoms with van der Waals surface area (Å²) in [6, 6.07) is 19.5. The fourth-order valence-electron chi connectivity index (χ4n) is 4.60. The Hall–Kier alpha value is -4.13. The number of hydrogen-bond donors (Lipinski definition) is 1. The molecule has 0 spiro atoms. The zero-order chi connectivity index (χ0) is 23.1. The van der Waals surface area contributed by atoms with Crippen LogP contribution in [-0.2, 0) is 6.42 Å². The summed E-state index contributed by atoms with van der Waals surface area (Å²) >= 11 is 0. The number of H-pyrrole nitrogens is 1. The van der Waals surface area contributed by atoms with Crippen molar-refractivity contribution in [3.63, 3.8) is 0 Å². The van der Waals surface area contributed by atoms with Gasteiger partial charge in [0.15, 0.2) is 0 Å². The molecule has 5 rings (SSSR count). The zero-order valence-electron chi connectivity index (χ0n) is 18.4. The Labute approximate surface area is 190 Å². The molecule has 33 heavy (non-hydrogen) atoms. The predicted molar refractivity (Wildman–Crippen MR) is 126 cm³/mol. The summed E-state index contributed by atoms with van der Waals surface area (Å²) in [4.78, 5) is 29.7. The van der Waals surface area contributed by atoms with Crippen LogP contribution < -0.4 is 4.74 Å². The van der Waals surface area contributed by atoms with Gasteiger partial charge in [-0.05, 0) is 66.9 Å². The highest BCUT2D eigenvalue weighted by Crippen LogP contribution is 2.40. The third-order valence-electron chi connectivity index (χ3n) is 6.31. The van der Waals surface area contributed by atoms with E-state index in [0.717, 1.165) is 39.0 Å². The topological polar surface area (TPSA) is 88.5 Å². The van der Waals surface area contributed by atoms with E-state index in [1.54, 1.807) is 19.2 Å². The van der Waals surface area contributed by atoms with E-state index in [2.05, 4.69) is 4.98 Å². The summed E-state index contributed by atoms with van der Waals surface area (Å²) in [6.07, 6.45) is 0.698. The van der Waals surface area contributed by atoms with Crippen molar-refractivity contribution in [2.45, 2.75) is 19.4 Å². The Kier molecular flexibility index (Phi) is 5.09. The number of aryl methyl sites for hydroxylation is 1. The number of aromatic nitrogens is 1. The summed E-state index contributed by atoms with van der Waals surface area (Å²) in [5, 5.41) is 12.2. The highest BCUT2D eigenvalue weighted by atomic mass is 16.6. The van der Waals surface area contributed by atoms with Gasteiger partial charge in [0.2, 0.25) is 0 Å². The van der Waals surface area contributed by atoms with Crippen molar-refractivity contribution in [3.05, 3.63) is 105 Å². The molecule has 0 bridgehead atoms. The van der Waals surface area contributed by atoms with E-state index < -0.39 is 4.92 Å². The second kappa shape index (κ2) is 8.09. The van der Waals surface area contributed by atoms with Crippen molar-refractivity contribution in [1.82, 2.24) is 9.88 Å². The molecule has 1 aliphatic heterocycles. The summed E-state index contributed by atoms with van der Waals surface area (Å²) in [7, 11) is 1.64. The Bertz CT molecular complexity index is 1360. The number of fused-ring (bicyclic) bond motifs is 3. The van der Waals surface area contributed by atoms with Gasteiger partial charge in [0.25, 0.3) is 11.6 Å². The van der Waals surface area contributed by atoms with E-state index in [-0.39, 0.29) is 17.6 Å². The van der Waals surface area contributed by atoms with Gasteiger partial charge in [-0.15, -0.1) is 0 Å². The monoisotopic (exact) mass is 441 g/mol. The number of carbonyl (C=O) groups is 1. The molecular formula is C26H23N3O4. The SMILES string of the molecule is COc1ccc2[nH]c3c(c2c1)CCN(C(=O)c1ccc(C)cc1)C3c1ccc([N+](=O)[O-])cc1. The molecule has 2 heterocycles. The van der Waals surface area contributed by atoms with E-state index in [0.29, 0.717) is 18.5 Å². The molecule has 7 heteroatoms. The second-order valence-electron chi connectivity index (χ2n) is 8.29. The van der Waals surface area contributed by atoms with E-state index in [4.69, 9.17) is 4.74 Å². The van der Waals surface area contributed by atoms with Gasteiger partial charge in [-0.3, -0.25) is 14.9 Å². The minimum atomic E-state index is -0.416. The molecule has 0 fully saturated rings. The van der Waals surface area contributed by atoms with Gasteiger partial charge in [-0.2, -0.15) is 0 Å². The summed E-state index contributed by atoms with van der Waals surface area (Å²) in [5.41, 5.74) is 5.59. The summed E-state index contributed by atoms with van der Waals surface area (Å²) < 4.78 is 5.41. The smallest absolute Gasteiger partial charge is 0.269 e. The highest BCUT2D eigenvalue weighted by Gasteiger charge is 2.35. The number of nitro groups is 1. The first-order valence-corrected chi connectivity index (χ1v) is 10.8. The van der Waals surface area contributed by atoms with Crippen molar-refractivity contribution < 1.29 is 14.5 Å². The van der Waals surface area contributed by atoms with Crippen molar-refractivity contribution in [1.29, 1.82) is 0 Å². The van der Waals surface area contributed by atoms with Gasteiger partial charge in [0, 0.05) is 40.8 Å². The standard InChI is InChI=1S/C26H23N3O4/c1-16-3-5-18(6-4-16)26(30)28-14-13-21-22-15-20(33-2)11-12-23(22)27-24(21)25(28)17-7-9-19(10-8-17)29(31)32/h3-12,15,25,27H,13-14H2,1-2H3. The Morgan fingerprint density at radius 2 is 1.82 bits per heavy atom. The van der Waals surface area contributed by atoms with Gasteiger partial charge < -0.3 is 14.6 Å². The van der Waals surface area contributed by atoms with E-state index in [1.165, 1.54) is 12.1 Å². The van der Waals surface area contributed by atoms with Gasteiger partial charge in [-0.1, -0.05) is 17.7 Å². The fraction of sp³-hybridized carbons (Fsp3) is 0.192. The first-order valence-electron chi connectivity index (χ1n) is 10.8. The van der Waals surface area contributed by atoms with Crippen LogP contribution in [0.2, 0.25) is 0 Å². The second-order valence-corrected chi connectivity index (χ2v) is 8.29. The molecule has 1 unspecified atom stereocenters. The molecule has 1 amide bonds. The van der Waals surface area contributed by atoms with Crippen LogP contribution >= 0.6 is 0 Å². The Morgan fingerprint density at radius 1 is 1.09 bits per heavy atom. The number of benzene rings is 3. The summed E-state index contributed by atoms with van der Waals surface area (Å²) in [6.45, 7) is 2.52. The van der Waals surface area contributed by atoms with Crippen LogP contribution in [0.1, 0.15) is 38.8 Å². The Morgan fingerprint density at radius 3 is 2.48 bits per heavy atom. The lowest BCUT2D eigenvalue weighted by atomic mass is 9.91. The number of rotatable bonds is 4. The largest absolute Gasteiger partial charge is 0.497 e. The van der Waals surface area contributed by atoms with Crippen LogP contribution in [0.5, 0.6) is 5.75 Å². The average molecular weight is 441 g/mol. The minimum absolute atomic E-state index is 0.0209. The average Bonchev–Trinajstić information content (AvgIpc) is 3.21. The maximum Gasteiger partial charge on any atom is 0.269 e. The number of nitrogens with zero attached hydrogens (tertiary/aromatic N) is 2. The zero-order valence-corrected chi connectivity index (χ0v) is 18.4. The molecule has 0 radical (unpaired) electrons. The highest BCUT2D eigenvalue weighted by molar-refractivity contribution is 5.95. The van der Waals surface area contributed by atoms with Crippen LogP contribution in [-0.4, -0.2) is 34.4 Å². The van der Waals surface area contributed by atoms with E-state index in [9.17, 15) is 14.9 Å². The normalized spacial score (nSPS) is 15.3. The maximum atomic E-state index is 13.6. The number of nitro benzene ring substituents is 1. The number of methoxy groups -OCH3 is 1. The third-order valence-corrected chi connectivity index (χ3v) is 6.31. The molecule has 0 saturated heterocycles. The van der Waals surface area contributed by atoms with Crippen molar-refractivity contribution in [2.75, 3.05) is 13.7 Å². The lowest BCUT2D eigenvalue weighted by Gasteiger charge is -2.36. The molecule has 0 aliphatic carbocycles. The molecule has 7 nitrogen and oxygen atoms in total. The van der Waals surface area contributed by atoms with Gasteiger partial charge in [-0.25, -0.2) is 0 Å². The van der Waals surface area contributed by atoms with Gasteiger partial charge in [0.05, 0.1) is 18.1 Å². The van der Waals surface area contributed by atoms with Crippen LogP contribution in [0.15, 0.2) is 66.7 Å². The van der Waals surface area contributed by atoms with Crippen LogP contribution in [0.3, 0.4) is 0 Å². The molecule has 0 saturated carbocycles. The fourth-order valence-corrected chi connectivity index (χ4v) is 4.60. The predicted octanol–water partition coefficient (Wildman–Crippen LogP) is 5.18. The van der Waals surface area contributed by atoms with Crippen molar-refractivity contribution >= 4 is 22.5 Å². The molecule has 1 aromatic heterocycles. The van der Waals surface area contributed by atoms with Crippen molar-refractivity contribution in [3.8, 4) is 5.75 Å². The number of non-ortho nitro benzene ring substituents is 1. The molecule has 166 valence electrons. The Balaban J connectivity index is 1.65. The van der Waals surface area contributed by atoms with Crippen molar-refractivity contribution in [2.24, 2.45) is 0 Å². The molecule has 4 aromatic rings. The minimum Gasteiger partial charge on any atom is -0.497 e. The first kappa shape index (κ1) is 20.8. The lowest BCUT2D eigenvalue weighted by Crippen LogP contribution is -2.40. The number of amides is 1. The van der Waals surface area contributed by atoms with Crippen LogP contribution in [0, 0.1) is 17.0 Å². The quantitative estimate of drug-likeness (QED) is 0.349. The summed E-state index contributed by atoms with van der Waals surface area (Å²) in [5.74, 6) is 0.703.